The highest BCUT2D eigenvalue weighted by Crippen LogP contribution is 2.25. The van der Waals surface area contributed by atoms with Crippen molar-refractivity contribution in [3.8, 4) is 0 Å². The van der Waals surface area contributed by atoms with Crippen molar-refractivity contribution < 1.29 is 4.79 Å². The molecule has 0 aromatic heterocycles. The summed E-state index contributed by atoms with van der Waals surface area (Å²) in [6.07, 6.45) is 3.22. The smallest absolute Gasteiger partial charge is 0.255 e. The first-order valence-electron chi connectivity index (χ1n) is 7.76. The Morgan fingerprint density at radius 2 is 2.04 bits per heavy atom. The van der Waals surface area contributed by atoms with Crippen LogP contribution in [0, 0.1) is 0 Å². The molecular weight excluding hydrogens is 353 g/mol. The average molecular weight is 376 g/mol. The van der Waals surface area contributed by atoms with Crippen LogP contribution in [-0.2, 0) is 0 Å². The molecular formula is C16H23Cl2N3OS. The summed E-state index contributed by atoms with van der Waals surface area (Å²) in [7, 11) is 0. The fourth-order valence-corrected chi connectivity index (χ4v) is 3.85. The SMILES string of the molecule is CSc1ccc(Cl)c(C(=O)N2CCN(C3CCNC3)CC2)c1.Cl. The van der Waals surface area contributed by atoms with E-state index >= 15 is 0 Å². The number of nitrogens with zero attached hydrogens (tertiary/aromatic N) is 2. The van der Waals surface area contributed by atoms with Crippen molar-refractivity contribution in [1.29, 1.82) is 0 Å². The number of thioether (sulfide) groups is 1. The largest absolute Gasteiger partial charge is 0.336 e. The van der Waals surface area contributed by atoms with Crippen LogP contribution in [0.3, 0.4) is 0 Å². The Bertz CT molecular complexity index is 544. The fraction of sp³-hybridized carbons (Fsp3) is 0.562. The maximum Gasteiger partial charge on any atom is 0.255 e. The molecule has 0 radical (unpaired) electrons. The first-order chi connectivity index (χ1) is 10.7. The molecule has 1 aromatic carbocycles. The first-order valence-corrected chi connectivity index (χ1v) is 9.37. The van der Waals surface area contributed by atoms with Gasteiger partial charge in [0.25, 0.3) is 5.91 Å². The van der Waals surface area contributed by atoms with Gasteiger partial charge in [-0.2, -0.15) is 0 Å². The number of halogens is 2. The van der Waals surface area contributed by atoms with Crippen molar-refractivity contribution in [3.63, 3.8) is 0 Å². The van der Waals surface area contributed by atoms with Crippen LogP contribution < -0.4 is 5.32 Å². The highest BCUT2D eigenvalue weighted by atomic mass is 35.5. The fourth-order valence-electron chi connectivity index (χ4n) is 3.21. The molecule has 4 nitrogen and oxygen atoms in total. The number of amides is 1. The molecule has 1 amide bonds. The van der Waals surface area contributed by atoms with Gasteiger partial charge in [0.2, 0.25) is 0 Å². The van der Waals surface area contributed by atoms with E-state index in [0.29, 0.717) is 16.6 Å². The number of nitrogens with one attached hydrogen (secondary N) is 1. The second-order valence-electron chi connectivity index (χ2n) is 5.82. The summed E-state index contributed by atoms with van der Waals surface area (Å²) in [5, 5.41) is 3.95. The van der Waals surface area contributed by atoms with E-state index < -0.39 is 0 Å². The molecule has 128 valence electrons. The van der Waals surface area contributed by atoms with Gasteiger partial charge in [-0.1, -0.05) is 11.6 Å². The number of hydrogen-bond acceptors (Lipinski definition) is 4. The molecule has 2 aliphatic rings. The van der Waals surface area contributed by atoms with Crippen molar-refractivity contribution >= 4 is 41.7 Å². The Labute approximate surface area is 153 Å². The highest BCUT2D eigenvalue weighted by Gasteiger charge is 2.28. The highest BCUT2D eigenvalue weighted by molar-refractivity contribution is 7.98. The van der Waals surface area contributed by atoms with Crippen molar-refractivity contribution in [2.75, 3.05) is 45.5 Å². The zero-order valence-corrected chi connectivity index (χ0v) is 15.6. The van der Waals surface area contributed by atoms with Crippen LogP contribution in [0.25, 0.3) is 0 Å². The lowest BCUT2D eigenvalue weighted by Crippen LogP contribution is -2.52. The van der Waals surface area contributed by atoms with E-state index in [1.807, 2.05) is 29.4 Å². The molecule has 2 saturated heterocycles. The standard InChI is InChI=1S/C16H22ClN3OS.ClH/c1-22-13-2-3-15(17)14(10-13)16(21)20-8-6-19(7-9-20)12-4-5-18-11-12;/h2-3,10,12,18H,4-9,11H2,1H3;1H. The van der Waals surface area contributed by atoms with Gasteiger partial charge in [0, 0.05) is 43.7 Å². The van der Waals surface area contributed by atoms with Crippen molar-refractivity contribution in [2.45, 2.75) is 17.4 Å². The number of hydrogen-bond donors (Lipinski definition) is 1. The van der Waals surface area contributed by atoms with Gasteiger partial charge in [-0.3, -0.25) is 9.69 Å². The summed E-state index contributed by atoms with van der Waals surface area (Å²) >= 11 is 7.85. The van der Waals surface area contributed by atoms with Gasteiger partial charge in [0.15, 0.2) is 0 Å². The van der Waals surface area contributed by atoms with E-state index in [9.17, 15) is 4.79 Å². The van der Waals surface area contributed by atoms with Crippen LogP contribution >= 0.6 is 35.8 Å². The Hall–Kier alpha value is -0.460. The predicted octanol–water partition coefficient (Wildman–Crippen LogP) is 2.60. The van der Waals surface area contributed by atoms with Crippen molar-refractivity contribution in [3.05, 3.63) is 28.8 Å². The number of carbonyl (C=O) groups is 1. The zero-order chi connectivity index (χ0) is 15.5. The molecule has 0 saturated carbocycles. The van der Waals surface area contributed by atoms with Crippen LogP contribution in [0.5, 0.6) is 0 Å². The van der Waals surface area contributed by atoms with Crippen molar-refractivity contribution in [2.24, 2.45) is 0 Å². The monoisotopic (exact) mass is 375 g/mol. The molecule has 0 bridgehead atoms. The number of piperazine rings is 1. The summed E-state index contributed by atoms with van der Waals surface area (Å²) < 4.78 is 0. The van der Waals surface area contributed by atoms with Gasteiger partial charge in [0.05, 0.1) is 10.6 Å². The number of carbonyl (C=O) groups excluding carboxylic acids is 1. The van der Waals surface area contributed by atoms with Crippen LogP contribution in [0.1, 0.15) is 16.8 Å². The Balaban J connectivity index is 0.00000192. The average Bonchev–Trinajstić information content (AvgIpc) is 3.09. The van der Waals surface area contributed by atoms with E-state index in [1.165, 1.54) is 6.42 Å². The molecule has 1 atom stereocenters. The first kappa shape index (κ1) is 18.9. The van der Waals surface area contributed by atoms with E-state index in [1.54, 1.807) is 11.8 Å². The van der Waals surface area contributed by atoms with E-state index in [0.717, 1.165) is 44.2 Å². The molecule has 3 rings (SSSR count). The minimum atomic E-state index is 0. The van der Waals surface area contributed by atoms with Gasteiger partial charge in [-0.25, -0.2) is 0 Å². The molecule has 2 heterocycles. The lowest BCUT2D eigenvalue weighted by Gasteiger charge is -2.37. The molecule has 0 spiro atoms. The second-order valence-corrected chi connectivity index (χ2v) is 7.11. The van der Waals surface area contributed by atoms with Gasteiger partial charge >= 0.3 is 0 Å². The summed E-state index contributed by atoms with van der Waals surface area (Å²) in [5.74, 6) is 0.0603. The minimum absolute atomic E-state index is 0. The van der Waals surface area contributed by atoms with Gasteiger partial charge in [0.1, 0.15) is 0 Å². The second kappa shape index (κ2) is 8.58. The van der Waals surface area contributed by atoms with E-state index in [-0.39, 0.29) is 18.3 Å². The molecule has 2 fully saturated rings. The molecule has 2 aliphatic heterocycles. The van der Waals surface area contributed by atoms with Crippen LogP contribution in [0.2, 0.25) is 5.02 Å². The van der Waals surface area contributed by atoms with Crippen LogP contribution in [-0.4, -0.2) is 67.3 Å². The third-order valence-electron chi connectivity index (χ3n) is 4.56. The maximum atomic E-state index is 12.7. The zero-order valence-electron chi connectivity index (χ0n) is 13.3. The third kappa shape index (κ3) is 4.34. The van der Waals surface area contributed by atoms with Crippen LogP contribution in [0.4, 0.5) is 0 Å². The molecule has 7 heteroatoms. The topological polar surface area (TPSA) is 35.6 Å². The van der Waals surface area contributed by atoms with Crippen molar-refractivity contribution in [1.82, 2.24) is 15.1 Å². The third-order valence-corrected chi connectivity index (χ3v) is 5.61. The summed E-state index contributed by atoms with van der Waals surface area (Å²) in [6, 6.07) is 6.32. The van der Waals surface area contributed by atoms with Gasteiger partial charge < -0.3 is 10.2 Å². The minimum Gasteiger partial charge on any atom is -0.336 e. The number of rotatable bonds is 3. The molecule has 1 unspecified atom stereocenters. The summed E-state index contributed by atoms with van der Waals surface area (Å²) in [5.41, 5.74) is 0.629. The van der Waals surface area contributed by atoms with E-state index in [4.69, 9.17) is 11.6 Å². The molecule has 1 aromatic rings. The molecule has 0 aliphatic carbocycles. The maximum absolute atomic E-state index is 12.7. The van der Waals surface area contributed by atoms with Gasteiger partial charge in [-0.05, 0) is 37.4 Å². The molecule has 23 heavy (non-hydrogen) atoms. The van der Waals surface area contributed by atoms with Gasteiger partial charge in [-0.15, -0.1) is 24.2 Å². The summed E-state index contributed by atoms with van der Waals surface area (Å²) in [6.45, 7) is 5.68. The summed E-state index contributed by atoms with van der Waals surface area (Å²) in [4.78, 5) is 18.2. The lowest BCUT2D eigenvalue weighted by molar-refractivity contribution is 0.0584. The quantitative estimate of drug-likeness (QED) is 0.823. The van der Waals surface area contributed by atoms with E-state index in [2.05, 4.69) is 10.2 Å². The predicted molar refractivity (Wildman–Crippen MR) is 99.2 cm³/mol. The Morgan fingerprint density at radius 3 is 2.65 bits per heavy atom. The number of benzene rings is 1. The normalized spacial score (nSPS) is 22.0. The lowest BCUT2D eigenvalue weighted by atomic mass is 10.1. The molecule has 1 N–H and O–H groups in total. The Morgan fingerprint density at radius 1 is 1.30 bits per heavy atom. The Kier molecular flexibility index (Phi) is 7.04. The van der Waals surface area contributed by atoms with Crippen LogP contribution in [0.15, 0.2) is 23.1 Å².